The number of alkyl halides is 3. The molecule has 0 heterocycles. The van der Waals surface area contributed by atoms with Crippen molar-refractivity contribution in [1.82, 2.24) is 10.2 Å². The van der Waals surface area contributed by atoms with E-state index in [0.29, 0.717) is 28.5 Å². The standard InChI is InChI=1S/C24H27Cl3F3N3O4S/c1-14(2)11-31-23(35)15(3)32(12-16-5-7-18(25)20(27)9-16)22(34)13-33(38(4,36)37)21-10-17(24(28,29)30)6-8-19(21)26/h5-10,14-15H,11-13H2,1-4H3,(H,31,35). The summed E-state index contributed by atoms with van der Waals surface area (Å²) >= 11 is 18.1. The van der Waals surface area contributed by atoms with Crippen molar-refractivity contribution in [2.75, 3.05) is 23.7 Å². The number of anilines is 1. The van der Waals surface area contributed by atoms with Gasteiger partial charge in [-0.15, -0.1) is 0 Å². The van der Waals surface area contributed by atoms with E-state index in [4.69, 9.17) is 34.8 Å². The molecule has 0 fully saturated rings. The van der Waals surface area contributed by atoms with Crippen molar-refractivity contribution < 1.29 is 31.2 Å². The monoisotopic (exact) mass is 615 g/mol. The number of nitrogens with zero attached hydrogens (tertiary/aromatic N) is 2. The Hall–Kier alpha value is -2.21. The van der Waals surface area contributed by atoms with Gasteiger partial charge in [0.25, 0.3) is 0 Å². The second-order valence-corrected chi connectivity index (χ2v) is 12.1. The van der Waals surface area contributed by atoms with E-state index in [1.807, 2.05) is 13.8 Å². The molecule has 2 aromatic rings. The number of carbonyl (C=O) groups is 2. The van der Waals surface area contributed by atoms with Crippen LogP contribution in [0.1, 0.15) is 31.9 Å². The topological polar surface area (TPSA) is 86.8 Å². The molecule has 0 bridgehead atoms. The van der Waals surface area contributed by atoms with Gasteiger partial charge in [0, 0.05) is 13.1 Å². The molecule has 2 rings (SSSR count). The summed E-state index contributed by atoms with van der Waals surface area (Å²) in [7, 11) is -4.29. The van der Waals surface area contributed by atoms with Crippen LogP contribution in [0.4, 0.5) is 18.9 Å². The molecule has 0 spiro atoms. The highest BCUT2D eigenvalue weighted by molar-refractivity contribution is 7.92. The van der Waals surface area contributed by atoms with Crippen molar-refractivity contribution in [2.45, 2.75) is 39.5 Å². The van der Waals surface area contributed by atoms with Crippen LogP contribution in [0.15, 0.2) is 36.4 Å². The molecule has 14 heteroatoms. The van der Waals surface area contributed by atoms with E-state index < -0.39 is 51.9 Å². The van der Waals surface area contributed by atoms with E-state index in [-0.39, 0.29) is 27.5 Å². The van der Waals surface area contributed by atoms with Crippen molar-refractivity contribution >= 4 is 62.3 Å². The van der Waals surface area contributed by atoms with Crippen molar-refractivity contribution in [2.24, 2.45) is 5.92 Å². The highest BCUT2D eigenvalue weighted by atomic mass is 35.5. The molecule has 210 valence electrons. The lowest BCUT2D eigenvalue weighted by Crippen LogP contribution is -2.51. The molecule has 2 aromatic carbocycles. The quantitative estimate of drug-likeness (QED) is 0.376. The van der Waals surface area contributed by atoms with Crippen molar-refractivity contribution in [1.29, 1.82) is 0 Å². The summed E-state index contributed by atoms with van der Waals surface area (Å²) in [6, 6.07) is 5.64. The molecule has 0 aliphatic rings. The Balaban J connectivity index is 2.50. The lowest BCUT2D eigenvalue weighted by Gasteiger charge is -2.32. The van der Waals surface area contributed by atoms with E-state index in [1.54, 1.807) is 6.07 Å². The fourth-order valence-electron chi connectivity index (χ4n) is 3.34. The van der Waals surface area contributed by atoms with Gasteiger partial charge >= 0.3 is 6.18 Å². The number of hydrogen-bond acceptors (Lipinski definition) is 4. The van der Waals surface area contributed by atoms with E-state index in [1.165, 1.54) is 19.1 Å². The normalized spacial score (nSPS) is 12.8. The smallest absolute Gasteiger partial charge is 0.354 e. The number of nitrogens with one attached hydrogen (secondary N) is 1. The molecule has 7 nitrogen and oxygen atoms in total. The summed E-state index contributed by atoms with van der Waals surface area (Å²) in [5, 5.41) is 2.86. The average molecular weight is 617 g/mol. The summed E-state index contributed by atoms with van der Waals surface area (Å²) < 4.78 is 65.7. The number of carbonyl (C=O) groups excluding carboxylic acids is 2. The molecule has 0 aromatic heterocycles. The van der Waals surface area contributed by atoms with Crippen LogP contribution in [0.25, 0.3) is 0 Å². The minimum atomic E-state index is -4.78. The van der Waals surface area contributed by atoms with Crippen LogP contribution in [0, 0.1) is 5.92 Å². The second-order valence-electron chi connectivity index (χ2n) is 9.02. The lowest BCUT2D eigenvalue weighted by molar-refractivity contribution is -0.139. The predicted molar refractivity (Wildman–Crippen MR) is 143 cm³/mol. The fourth-order valence-corrected chi connectivity index (χ4v) is 4.79. The first kappa shape index (κ1) is 32.0. The van der Waals surface area contributed by atoms with Gasteiger partial charge in [-0.05, 0) is 48.7 Å². The number of amides is 2. The average Bonchev–Trinajstić information content (AvgIpc) is 2.80. The molecule has 1 N–H and O–H groups in total. The van der Waals surface area contributed by atoms with Crippen LogP contribution in [0.5, 0.6) is 0 Å². The lowest BCUT2D eigenvalue weighted by atomic mass is 10.1. The molecule has 0 radical (unpaired) electrons. The molecule has 38 heavy (non-hydrogen) atoms. The first-order valence-electron chi connectivity index (χ1n) is 11.3. The fraction of sp³-hybridized carbons (Fsp3) is 0.417. The van der Waals surface area contributed by atoms with Crippen LogP contribution in [-0.4, -0.2) is 50.5 Å². The molecule has 0 aliphatic heterocycles. The van der Waals surface area contributed by atoms with Crippen LogP contribution >= 0.6 is 34.8 Å². The summed E-state index contributed by atoms with van der Waals surface area (Å²) in [5.41, 5.74) is -1.19. The molecule has 1 atom stereocenters. The number of sulfonamides is 1. The Morgan fingerprint density at radius 1 is 0.974 bits per heavy atom. The van der Waals surface area contributed by atoms with Gasteiger partial charge in [0.05, 0.1) is 32.6 Å². The highest BCUT2D eigenvalue weighted by Crippen LogP contribution is 2.36. The van der Waals surface area contributed by atoms with Gasteiger partial charge in [0.1, 0.15) is 12.6 Å². The maximum Gasteiger partial charge on any atom is 0.416 e. The van der Waals surface area contributed by atoms with E-state index in [0.717, 1.165) is 17.2 Å². The predicted octanol–water partition coefficient (Wildman–Crippen LogP) is 5.62. The molecule has 0 aliphatic carbocycles. The maximum absolute atomic E-state index is 13.5. The molecule has 2 amide bonds. The minimum absolute atomic E-state index is 0.120. The van der Waals surface area contributed by atoms with Crippen LogP contribution in [0.3, 0.4) is 0 Å². The number of halogens is 6. The largest absolute Gasteiger partial charge is 0.416 e. The number of hydrogen-bond donors (Lipinski definition) is 1. The van der Waals surface area contributed by atoms with Gasteiger partial charge in [-0.2, -0.15) is 13.2 Å². The van der Waals surface area contributed by atoms with E-state index >= 15 is 0 Å². The third-order valence-electron chi connectivity index (χ3n) is 5.41. The zero-order valence-corrected chi connectivity index (χ0v) is 24.0. The summed E-state index contributed by atoms with van der Waals surface area (Å²) in [6.07, 6.45) is -4.05. The van der Waals surface area contributed by atoms with Crippen LogP contribution in [0.2, 0.25) is 15.1 Å². The van der Waals surface area contributed by atoms with Crippen molar-refractivity contribution in [3.63, 3.8) is 0 Å². The van der Waals surface area contributed by atoms with Gasteiger partial charge in [0.2, 0.25) is 21.8 Å². The Kier molecular flexibility index (Phi) is 10.7. The Morgan fingerprint density at radius 2 is 1.58 bits per heavy atom. The molecule has 1 unspecified atom stereocenters. The SMILES string of the molecule is CC(C)CNC(=O)C(C)N(Cc1ccc(Cl)c(Cl)c1)C(=O)CN(c1cc(C(F)(F)F)ccc1Cl)S(C)(=O)=O. The number of rotatable bonds is 10. The van der Waals surface area contributed by atoms with Gasteiger partial charge < -0.3 is 10.2 Å². The zero-order chi connectivity index (χ0) is 29.0. The third kappa shape index (κ3) is 8.65. The molecular weight excluding hydrogens is 590 g/mol. The third-order valence-corrected chi connectivity index (χ3v) is 7.60. The maximum atomic E-state index is 13.5. The Labute approximate surface area is 234 Å². The van der Waals surface area contributed by atoms with Gasteiger partial charge in [-0.1, -0.05) is 54.7 Å². The van der Waals surface area contributed by atoms with Gasteiger partial charge in [0.15, 0.2) is 0 Å². The molecule has 0 saturated carbocycles. The minimum Gasteiger partial charge on any atom is -0.354 e. The zero-order valence-electron chi connectivity index (χ0n) is 20.9. The van der Waals surface area contributed by atoms with Crippen LogP contribution < -0.4 is 9.62 Å². The van der Waals surface area contributed by atoms with Crippen molar-refractivity contribution in [3.8, 4) is 0 Å². The van der Waals surface area contributed by atoms with Gasteiger partial charge in [-0.25, -0.2) is 8.42 Å². The van der Waals surface area contributed by atoms with Crippen LogP contribution in [-0.2, 0) is 32.3 Å². The highest BCUT2D eigenvalue weighted by Gasteiger charge is 2.34. The Bertz CT molecular complexity index is 1290. The summed E-state index contributed by atoms with van der Waals surface area (Å²) in [4.78, 5) is 27.5. The second kappa shape index (κ2) is 12.8. The summed E-state index contributed by atoms with van der Waals surface area (Å²) in [5.74, 6) is -1.24. The Morgan fingerprint density at radius 3 is 2.11 bits per heavy atom. The first-order chi connectivity index (χ1) is 17.4. The van der Waals surface area contributed by atoms with E-state index in [2.05, 4.69) is 5.32 Å². The van der Waals surface area contributed by atoms with E-state index in [9.17, 15) is 31.2 Å². The first-order valence-corrected chi connectivity index (χ1v) is 14.3. The molecule has 0 saturated heterocycles. The summed E-state index contributed by atoms with van der Waals surface area (Å²) in [6.45, 7) is 4.46. The van der Waals surface area contributed by atoms with Gasteiger partial charge in [-0.3, -0.25) is 13.9 Å². The van der Waals surface area contributed by atoms with Crippen molar-refractivity contribution in [3.05, 3.63) is 62.6 Å². The molecular formula is C24H27Cl3F3N3O4S. The number of benzene rings is 2.